The number of aliphatic hydroxyl groups excluding tert-OH is 2. The van der Waals surface area contributed by atoms with Crippen molar-refractivity contribution in [2.75, 3.05) is 6.61 Å². The lowest BCUT2D eigenvalue weighted by atomic mass is 10.1. The summed E-state index contributed by atoms with van der Waals surface area (Å²) in [6.45, 7) is -0.493. The van der Waals surface area contributed by atoms with E-state index < -0.39 is 42.3 Å². The molecule has 19 heavy (non-hydrogen) atoms. The number of azide groups is 1. The zero-order chi connectivity index (χ0) is 14.0. The summed E-state index contributed by atoms with van der Waals surface area (Å²) < 4.78 is 6.26. The molecule has 3 N–H and O–H groups in total. The maximum atomic E-state index is 11.6. The fraction of sp³-hybridized carbons (Fsp3) is 0.556. The first-order valence-electron chi connectivity index (χ1n) is 5.38. The number of nitrogens with one attached hydrogen (secondary N) is 1. The second-order valence-electron chi connectivity index (χ2n) is 3.95. The van der Waals surface area contributed by atoms with E-state index in [1.807, 2.05) is 4.98 Å². The predicted octanol–water partition coefficient (Wildman–Crippen LogP) is -1.53. The van der Waals surface area contributed by atoms with E-state index in [9.17, 15) is 14.7 Å². The van der Waals surface area contributed by atoms with Crippen molar-refractivity contribution in [3.05, 3.63) is 43.5 Å². The lowest BCUT2D eigenvalue weighted by Gasteiger charge is -2.17. The number of rotatable bonds is 3. The Kier molecular flexibility index (Phi) is 3.67. The number of aromatic amines is 1. The summed E-state index contributed by atoms with van der Waals surface area (Å²) in [5, 5.41) is 22.2. The molecule has 1 aromatic heterocycles. The van der Waals surface area contributed by atoms with Gasteiger partial charge < -0.3 is 14.9 Å². The van der Waals surface area contributed by atoms with E-state index in [-0.39, 0.29) is 0 Å². The van der Waals surface area contributed by atoms with Crippen LogP contribution >= 0.6 is 0 Å². The van der Waals surface area contributed by atoms with Crippen LogP contribution in [0.4, 0.5) is 0 Å². The maximum absolute atomic E-state index is 11.6. The molecule has 0 amide bonds. The average Bonchev–Trinajstić information content (AvgIpc) is 2.68. The van der Waals surface area contributed by atoms with Gasteiger partial charge in [-0.05, 0) is 5.53 Å². The maximum Gasteiger partial charge on any atom is 0.330 e. The Hall–Kier alpha value is -2.13. The van der Waals surface area contributed by atoms with Crippen LogP contribution in [0.3, 0.4) is 0 Å². The summed E-state index contributed by atoms with van der Waals surface area (Å²) in [5.74, 6) is 0. The van der Waals surface area contributed by atoms with Crippen LogP contribution in [-0.4, -0.2) is 44.6 Å². The summed E-state index contributed by atoms with van der Waals surface area (Å²) in [6.07, 6.45) is -2.14. The summed E-state index contributed by atoms with van der Waals surface area (Å²) in [4.78, 5) is 27.2. The third kappa shape index (κ3) is 2.37. The highest BCUT2D eigenvalue weighted by atomic mass is 16.5. The summed E-state index contributed by atoms with van der Waals surface area (Å²) in [6, 6.07) is 0.0158. The molecule has 10 nitrogen and oxygen atoms in total. The number of aliphatic hydroxyl groups is 2. The summed E-state index contributed by atoms with van der Waals surface area (Å²) in [5.41, 5.74) is 7.12. The molecule has 1 aliphatic rings. The molecule has 0 aromatic carbocycles. The predicted molar refractivity (Wildman–Crippen MR) is 61.3 cm³/mol. The molecule has 4 atom stereocenters. The van der Waals surface area contributed by atoms with Crippen molar-refractivity contribution in [3.8, 4) is 0 Å². The molecule has 2 heterocycles. The van der Waals surface area contributed by atoms with Gasteiger partial charge in [0.25, 0.3) is 5.56 Å². The molecule has 2 rings (SSSR count). The third-order valence-corrected chi connectivity index (χ3v) is 2.83. The van der Waals surface area contributed by atoms with E-state index in [2.05, 4.69) is 10.0 Å². The van der Waals surface area contributed by atoms with Crippen molar-refractivity contribution in [1.29, 1.82) is 0 Å². The number of nitrogens with zero attached hydrogens (tertiary/aromatic N) is 4. The normalized spacial score (nSPS) is 30.0. The van der Waals surface area contributed by atoms with Gasteiger partial charge in [0.15, 0.2) is 0 Å². The van der Waals surface area contributed by atoms with Crippen molar-refractivity contribution in [1.82, 2.24) is 9.55 Å². The molecule has 10 heteroatoms. The second-order valence-corrected chi connectivity index (χ2v) is 3.95. The highest BCUT2D eigenvalue weighted by Crippen LogP contribution is 2.30. The minimum atomic E-state index is -1.25. The minimum Gasteiger partial charge on any atom is -0.394 e. The molecule has 0 radical (unpaired) electrons. The molecule has 1 fully saturated rings. The Morgan fingerprint density at radius 2 is 2.32 bits per heavy atom. The van der Waals surface area contributed by atoms with Crippen molar-refractivity contribution < 1.29 is 14.9 Å². The molecule has 1 aromatic rings. The van der Waals surface area contributed by atoms with Crippen LogP contribution < -0.4 is 11.2 Å². The number of hydrogen-bond acceptors (Lipinski definition) is 6. The van der Waals surface area contributed by atoms with Crippen molar-refractivity contribution in [3.63, 3.8) is 0 Å². The lowest BCUT2D eigenvalue weighted by molar-refractivity contribution is -0.0464. The highest BCUT2D eigenvalue weighted by Gasteiger charge is 2.44. The third-order valence-electron chi connectivity index (χ3n) is 2.83. The second kappa shape index (κ2) is 5.24. The van der Waals surface area contributed by atoms with Gasteiger partial charge in [-0.3, -0.25) is 14.3 Å². The van der Waals surface area contributed by atoms with E-state index in [1.54, 1.807) is 0 Å². The molecule has 0 bridgehead atoms. The van der Waals surface area contributed by atoms with Gasteiger partial charge in [-0.2, -0.15) is 0 Å². The number of aromatic nitrogens is 2. The molecule has 1 saturated heterocycles. The quantitative estimate of drug-likeness (QED) is 0.345. The van der Waals surface area contributed by atoms with Gasteiger partial charge in [-0.15, -0.1) is 0 Å². The van der Waals surface area contributed by atoms with Gasteiger partial charge in [0.2, 0.25) is 0 Å². The van der Waals surface area contributed by atoms with Gasteiger partial charge in [0, 0.05) is 17.2 Å². The Balaban J connectivity index is 2.44. The Morgan fingerprint density at radius 1 is 1.58 bits per heavy atom. The zero-order valence-electron chi connectivity index (χ0n) is 9.58. The largest absolute Gasteiger partial charge is 0.394 e. The van der Waals surface area contributed by atoms with E-state index in [4.69, 9.17) is 15.4 Å². The van der Waals surface area contributed by atoms with Crippen molar-refractivity contribution >= 4 is 0 Å². The molecule has 0 spiro atoms. The molecule has 1 unspecified atom stereocenters. The Labute approximate surface area is 105 Å². The Morgan fingerprint density at radius 3 is 2.89 bits per heavy atom. The van der Waals surface area contributed by atoms with Crippen LogP contribution in [-0.2, 0) is 4.74 Å². The van der Waals surface area contributed by atoms with E-state index in [0.717, 1.165) is 16.8 Å². The molecular formula is C9H11N5O5. The zero-order valence-corrected chi connectivity index (χ0v) is 9.58. The van der Waals surface area contributed by atoms with Crippen LogP contribution in [0.25, 0.3) is 10.4 Å². The van der Waals surface area contributed by atoms with Crippen LogP contribution in [0.5, 0.6) is 0 Å². The van der Waals surface area contributed by atoms with Gasteiger partial charge >= 0.3 is 5.69 Å². The fourth-order valence-corrected chi connectivity index (χ4v) is 1.92. The molecule has 102 valence electrons. The lowest BCUT2D eigenvalue weighted by Crippen LogP contribution is -2.36. The summed E-state index contributed by atoms with van der Waals surface area (Å²) >= 11 is 0. The van der Waals surface area contributed by atoms with Gasteiger partial charge in [-0.1, -0.05) is 5.11 Å². The molecular weight excluding hydrogens is 258 g/mol. The van der Waals surface area contributed by atoms with Crippen LogP contribution in [0.2, 0.25) is 0 Å². The molecule has 0 aliphatic carbocycles. The number of ether oxygens (including phenoxy) is 1. The van der Waals surface area contributed by atoms with Crippen molar-refractivity contribution in [2.45, 2.75) is 24.5 Å². The van der Waals surface area contributed by atoms with E-state index >= 15 is 0 Å². The fourth-order valence-electron chi connectivity index (χ4n) is 1.92. The molecule has 1 aliphatic heterocycles. The van der Waals surface area contributed by atoms with E-state index in [1.165, 1.54) is 0 Å². The number of hydrogen-bond donors (Lipinski definition) is 3. The van der Waals surface area contributed by atoms with Crippen LogP contribution in [0.1, 0.15) is 6.23 Å². The first-order chi connectivity index (χ1) is 9.08. The number of H-pyrrole nitrogens is 1. The first-order valence-corrected chi connectivity index (χ1v) is 5.38. The Bertz CT molecular complexity index is 618. The van der Waals surface area contributed by atoms with Gasteiger partial charge in [-0.25, -0.2) is 4.79 Å². The van der Waals surface area contributed by atoms with Crippen LogP contribution in [0.15, 0.2) is 27.0 Å². The van der Waals surface area contributed by atoms with Gasteiger partial charge in [0.1, 0.15) is 18.4 Å². The topological polar surface area (TPSA) is 153 Å². The van der Waals surface area contributed by atoms with Crippen molar-refractivity contribution in [2.24, 2.45) is 5.11 Å². The van der Waals surface area contributed by atoms with Crippen LogP contribution in [0, 0.1) is 0 Å². The van der Waals surface area contributed by atoms with E-state index in [0.29, 0.717) is 0 Å². The van der Waals surface area contributed by atoms with Gasteiger partial charge in [0.05, 0.1) is 12.7 Å². The SMILES string of the molecule is [N-]=[N+]=NC1[C@H](n2ccc(=O)[nH]c2=O)O[C@H](CO)[C@H]1O. The standard InChI is InChI=1S/C9H11N5O5/c10-13-12-6-7(17)4(3-15)19-8(6)14-2-1-5(16)11-9(14)18/h1-2,4,6-8,15,17H,3H2,(H,11,16,18)/t4-,6?,7-,8-/m1/s1. The highest BCUT2D eigenvalue weighted by molar-refractivity contribution is 4.96. The average molecular weight is 269 g/mol. The molecule has 0 saturated carbocycles. The monoisotopic (exact) mass is 269 g/mol. The first kappa shape index (κ1) is 13.3. The smallest absolute Gasteiger partial charge is 0.330 e. The summed E-state index contributed by atoms with van der Waals surface area (Å²) in [7, 11) is 0. The minimum absolute atomic E-state index is 0.493.